The highest BCUT2D eigenvalue weighted by atomic mass is 19.1. The van der Waals surface area contributed by atoms with Crippen LogP contribution in [0.15, 0.2) is 72.8 Å². The van der Waals surface area contributed by atoms with Crippen molar-refractivity contribution in [3.8, 4) is 23.0 Å². The summed E-state index contributed by atoms with van der Waals surface area (Å²) >= 11 is 0. The molecule has 6 aliphatic heterocycles. The molecule has 3 amide bonds. The number of anilines is 2. The minimum Gasteiger partial charge on any atom is -0.508 e. The number of benzene rings is 4. The Labute approximate surface area is 360 Å². The fourth-order valence-electron chi connectivity index (χ4n) is 12.0. The number of piperazine rings is 1. The smallest absolute Gasteiger partial charge is 0.255 e. The highest BCUT2D eigenvalue weighted by molar-refractivity contribution is 6.06. The first-order valence-corrected chi connectivity index (χ1v) is 22.2. The van der Waals surface area contributed by atoms with Gasteiger partial charge in [-0.2, -0.15) is 0 Å². The van der Waals surface area contributed by atoms with E-state index in [4.69, 9.17) is 14.2 Å². The summed E-state index contributed by atoms with van der Waals surface area (Å²) in [6, 6.07) is 22.4. The molecule has 1 aliphatic carbocycles. The summed E-state index contributed by atoms with van der Waals surface area (Å²) in [5, 5.41) is 12.6. The molecule has 62 heavy (non-hydrogen) atoms. The number of halogens is 1. The predicted molar refractivity (Wildman–Crippen MR) is 230 cm³/mol. The molecule has 0 aromatic heterocycles. The lowest BCUT2D eigenvalue weighted by Gasteiger charge is -2.54. The molecular formula is C49H52FN5O7. The van der Waals surface area contributed by atoms with Crippen molar-refractivity contribution < 1.29 is 38.1 Å². The van der Waals surface area contributed by atoms with Crippen molar-refractivity contribution in [3.05, 3.63) is 106 Å². The molecule has 4 aromatic carbocycles. The Bertz CT molecular complexity index is 2450. The maximum absolute atomic E-state index is 16.4. The van der Waals surface area contributed by atoms with Gasteiger partial charge in [-0.05, 0) is 73.3 Å². The largest absolute Gasteiger partial charge is 0.508 e. The number of carbonyl (C=O) groups excluding carboxylic acids is 3. The number of hydrogen-bond acceptors (Lipinski definition) is 10. The number of nitrogens with zero attached hydrogens (tertiary/aromatic N) is 4. The number of ether oxygens (including phenoxy) is 3. The molecule has 2 N–H and O–H groups in total. The molecule has 11 rings (SSSR count). The highest BCUT2D eigenvalue weighted by Gasteiger charge is 2.48. The summed E-state index contributed by atoms with van der Waals surface area (Å²) in [4.78, 5) is 46.6. The first-order valence-electron chi connectivity index (χ1n) is 22.2. The molecular weight excluding hydrogens is 790 g/mol. The van der Waals surface area contributed by atoms with Crippen LogP contribution >= 0.6 is 0 Å². The normalized spacial score (nSPS) is 25.5. The zero-order valence-electron chi connectivity index (χ0n) is 35.0. The number of phenolic OH excluding ortho intramolecular Hbond substituents is 1. The molecule has 4 fully saturated rings. The summed E-state index contributed by atoms with van der Waals surface area (Å²) in [5.41, 5.74) is 6.09. The van der Waals surface area contributed by atoms with Crippen molar-refractivity contribution >= 4 is 29.1 Å². The van der Waals surface area contributed by atoms with Gasteiger partial charge < -0.3 is 34.0 Å². The van der Waals surface area contributed by atoms with Crippen LogP contribution in [-0.2, 0) is 16.1 Å². The number of hydrogen-bond donors (Lipinski definition) is 2. The van der Waals surface area contributed by atoms with Crippen LogP contribution in [0.25, 0.3) is 0 Å². The van der Waals surface area contributed by atoms with E-state index in [0.717, 1.165) is 85.8 Å². The van der Waals surface area contributed by atoms with Gasteiger partial charge in [-0.3, -0.25) is 24.6 Å². The summed E-state index contributed by atoms with van der Waals surface area (Å²) in [7, 11) is 1.66. The van der Waals surface area contributed by atoms with Crippen LogP contribution < -0.4 is 29.3 Å². The molecule has 1 saturated carbocycles. The van der Waals surface area contributed by atoms with Crippen molar-refractivity contribution in [2.75, 3.05) is 69.4 Å². The van der Waals surface area contributed by atoms with Crippen LogP contribution in [-0.4, -0.2) is 104 Å². The lowest BCUT2D eigenvalue weighted by Crippen LogP contribution is -2.59. The fourth-order valence-corrected chi connectivity index (χ4v) is 12.0. The van der Waals surface area contributed by atoms with Crippen molar-refractivity contribution in [2.24, 2.45) is 11.3 Å². The fraction of sp³-hybridized carbons (Fsp3) is 0.449. The van der Waals surface area contributed by atoms with Crippen LogP contribution in [0.5, 0.6) is 23.0 Å². The van der Waals surface area contributed by atoms with E-state index in [9.17, 15) is 19.5 Å². The molecule has 7 aliphatic rings. The molecule has 1 spiro atoms. The minimum atomic E-state index is -0.652. The van der Waals surface area contributed by atoms with Crippen LogP contribution in [0.4, 0.5) is 15.8 Å². The van der Waals surface area contributed by atoms with Gasteiger partial charge in [0.2, 0.25) is 11.8 Å². The standard InChI is InChI=1S/C49H52FN5O7/c1-60-42-21-41(38(50)20-35(42)45-34-8-7-32(56)19-43(34)61-28-37(45)30-5-3-2-4-6-30)53-15-13-49(14-16-53)22-29(23-49)24-52-17-18-54-31(25-52)27-62-46-36-26-55(40-11-12-44(57)51-47(40)58)48(59)33(36)9-10-39(46)54/h2-10,19-21,29,31,37,40,45,56H,11-18,22-28H2,1H3,(H,51,57,58)/t31-,37+,40+,45-/m0/s1. The van der Waals surface area contributed by atoms with Gasteiger partial charge >= 0.3 is 0 Å². The summed E-state index contributed by atoms with van der Waals surface area (Å²) < 4.78 is 35.1. The molecule has 4 atom stereocenters. The number of rotatable bonds is 7. The van der Waals surface area contributed by atoms with Crippen molar-refractivity contribution in [3.63, 3.8) is 0 Å². The number of amides is 3. The summed E-state index contributed by atoms with van der Waals surface area (Å²) in [6.45, 7) is 6.66. The number of carbonyl (C=O) groups is 3. The van der Waals surface area contributed by atoms with E-state index >= 15 is 4.39 Å². The Morgan fingerprint density at radius 3 is 2.50 bits per heavy atom. The van der Waals surface area contributed by atoms with Gasteiger partial charge in [-0.25, -0.2) is 4.39 Å². The quantitative estimate of drug-likeness (QED) is 0.209. The van der Waals surface area contributed by atoms with Crippen LogP contribution in [0.2, 0.25) is 0 Å². The van der Waals surface area contributed by atoms with Gasteiger partial charge in [-0.15, -0.1) is 0 Å². The van der Waals surface area contributed by atoms with Gasteiger partial charge in [0.05, 0.1) is 37.7 Å². The third-order valence-electron chi connectivity index (χ3n) is 15.1. The Hall–Kier alpha value is -5.82. The van der Waals surface area contributed by atoms with Crippen LogP contribution in [0.1, 0.15) is 83.0 Å². The molecule has 0 unspecified atom stereocenters. The van der Waals surface area contributed by atoms with E-state index in [0.29, 0.717) is 60.3 Å². The van der Waals surface area contributed by atoms with Gasteiger partial charge in [0.1, 0.15) is 41.5 Å². The van der Waals surface area contributed by atoms with Crippen LogP contribution in [0, 0.1) is 17.2 Å². The van der Waals surface area contributed by atoms with Gasteiger partial charge in [0.15, 0.2) is 0 Å². The molecule has 322 valence electrons. The average Bonchev–Trinajstić information content (AvgIpc) is 3.61. The third-order valence-corrected chi connectivity index (χ3v) is 15.1. The number of fused-ring (bicyclic) bond motifs is 6. The number of imide groups is 1. The van der Waals surface area contributed by atoms with Crippen molar-refractivity contribution in [1.82, 2.24) is 15.1 Å². The van der Waals surface area contributed by atoms with Crippen molar-refractivity contribution in [1.29, 1.82) is 0 Å². The first-order chi connectivity index (χ1) is 30.1. The zero-order valence-corrected chi connectivity index (χ0v) is 35.0. The number of phenols is 1. The number of piperidine rings is 2. The lowest BCUT2D eigenvalue weighted by atomic mass is 9.57. The monoisotopic (exact) mass is 841 g/mol. The molecule has 12 nitrogen and oxygen atoms in total. The second-order valence-corrected chi connectivity index (χ2v) is 18.6. The molecule has 0 bridgehead atoms. The van der Waals surface area contributed by atoms with E-state index in [1.54, 1.807) is 30.2 Å². The first kappa shape index (κ1) is 39.1. The van der Waals surface area contributed by atoms with Crippen LogP contribution in [0.3, 0.4) is 0 Å². The van der Waals surface area contributed by atoms with Gasteiger partial charge in [-0.1, -0.05) is 36.4 Å². The third kappa shape index (κ3) is 6.62. The Balaban J connectivity index is 0.716. The van der Waals surface area contributed by atoms with E-state index < -0.39 is 11.9 Å². The Kier molecular flexibility index (Phi) is 9.58. The molecule has 3 saturated heterocycles. The van der Waals surface area contributed by atoms with Gasteiger partial charge in [0, 0.05) is 91.9 Å². The second kappa shape index (κ2) is 15.2. The number of methoxy groups -OCH3 is 1. The topological polar surface area (TPSA) is 124 Å². The van der Waals surface area contributed by atoms with E-state index in [1.165, 1.54) is 12.8 Å². The van der Waals surface area contributed by atoms with E-state index in [1.807, 2.05) is 42.5 Å². The SMILES string of the molecule is COc1cc(N2CCC3(CC2)CC(CN2CCN4c5ccc6c(c5OC[C@@H]4C2)CN([C@@H]2CCC(=O)NC2=O)C6=O)C3)c(F)cc1[C@@H]1c2ccc(O)cc2OC[C@@H]1c1ccccc1. The summed E-state index contributed by atoms with van der Waals surface area (Å²) in [5.74, 6) is 1.35. The maximum Gasteiger partial charge on any atom is 0.255 e. The molecule has 13 heteroatoms. The molecule has 6 heterocycles. The lowest BCUT2D eigenvalue weighted by molar-refractivity contribution is -0.136. The average molecular weight is 842 g/mol. The summed E-state index contributed by atoms with van der Waals surface area (Å²) in [6.07, 6.45) is 5.02. The van der Waals surface area contributed by atoms with E-state index in [-0.39, 0.29) is 47.7 Å². The molecule has 4 aromatic rings. The van der Waals surface area contributed by atoms with Gasteiger partial charge in [0.25, 0.3) is 5.91 Å². The minimum absolute atomic E-state index is 0.0686. The Morgan fingerprint density at radius 2 is 1.71 bits per heavy atom. The molecule has 0 radical (unpaired) electrons. The number of aromatic hydroxyl groups is 1. The highest BCUT2D eigenvalue weighted by Crippen LogP contribution is 2.55. The number of nitrogens with one attached hydrogen (secondary N) is 1. The maximum atomic E-state index is 16.4. The predicted octanol–water partition coefficient (Wildman–Crippen LogP) is 6.19. The van der Waals surface area contributed by atoms with E-state index in [2.05, 4.69) is 32.1 Å². The second-order valence-electron chi connectivity index (χ2n) is 18.6. The Morgan fingerprint density at radius 1 is 0.887 bits per heavy atom. The zero-order chi connectivity index (χ0) is 42.3. The van der Waals surface area contributed by atoms with Crippen molar-refractivity contribution in [2.45, 2.75) is 69.0 Å².